The Hall–Kier alpha value is -0.370. The van der Waals surface area contributed by atoms with Crippen LogP contribution in [0.2, 0.25) is 0 Å². The fraction of sp³-hybridized carbons (Fsp3) is 0.966. The lowest BCUT2D eigenvalue weighted by atomic mass is 9.94. The van der Waals surface area contributed by atoms with Gasteiger partial charge in [-0.15, -0.1) is 0 Å². The molecule has 0 bridgehead atoms. The highest BCUT2D eigenvalue weighted by atomic mass is 16.5. The molecule has 0 aliphatic carbocycles. The van der Waals surface area contributed by atoms with Gasteiger partial charge < -0.3 is 9.53 Å². The van der Waals surface area contributed by atoms with E-state index in [2.05, 4.69) is 20.8 Å². The van der Waals surface area contributed by atoms with Crippen molar-refractivity contribution in [2.75, 3.05) is 13.2 Å². The number of carbonyl (C=O) groups excluding carboxylic acids is 1. The van der Waals surface area contributed by atoms with Gasteiger partial charge in [0.2, 0.25) is 0 Å². The van der Waals surface area contributed by atoms with Crippen LogP contribution in [0, 0.1) is 11.8 Å². The molecule has 31 heavy (non-hydrogen) atoms. The van der Waals surface area contributed by atoms with E-state index in [-0.39, 0.29) is 0 Å². The lowest BCUT2D eigenvalue weighted by Gasteiger charge is -2.18. The van der Waals surface area contributed by atoms with Gasteiger partial charge in [-0.05, 0) is 37.5 Å². The van der Waals surface area contributed by atoms with E-state index in [0.717, 1.165) is 44.2 Å². The molecule has 0 aliphatic rings. The van der Waals surface area contributed by atoms with Crippen molar-refractivity contribution in [3.05, 3.63) is 0 Å². The molecule has 186 valence electrons. The predicted octanol–water partition coefficient (Wildman–Crippen LogP) is 9.69. The molecule has 0 N–H and O–H groups in total. The third-order valence-electron chi connectivity index (χ3n) is 6.59. The van der Waals surface area contributed by atoms with Crippen LogP contribution < -0.4 is 0 Å². The molecule has 2 heteroatoms. The first kappa shape index (κ1) is 30.6. The van der Waals surface area contributed by atoms with Crippen molar-refractivity contribution < 1.29 is 9.53 Å². The molecule has 1 atom stereocenters. The topological polar surface area (TPSA) is 26.3 Å². The zero-order valence-corrected chi connectivity index (χ0v) is 21.8. The van der Waals surface area contributed by atoms with Gasteiger partial charge in [-0.25, -0.2) is 0 Å². The van der Waals surface area contributed by atoms with Crippen LogP contribution in [0.5, 0.6) is 0 Å². The Morgan fingerprint density at radius 2 is 1.06 bits per heavy atom. The van der Waals surface area contributed by atoms with Gasteiger partial charge in [-0.3, -0.25) is 0 Å². The minimum Gasteiger partial charge on any atom is -0.381 e. The van der Waals surface area contributed by atoms with Crippen LogP contribution >= 0.6 is 0 Å². The summed E-state index contributed by atoms with van der Waals surface area (Å²) < 4.78 is 6.05. The number of aldehydes is 1. The summed E-state index contributed by atoms with van der Waals surface area (Å²) in [6.07, 6.45) is 29.0. The third-order valence-corrected chi connectivity index (χ3v) is 6.59. The number of rotatable bonds is 26. The second kappa shape index (κ2) is 25.9. The van der Waals surface area contributed by atoms with Gasteiger partial charge >= 0.3 is 0 Å². The summed E-state index contributed by atoms with van der Waals surface area (Å²) in [6, 6.07) is 0. The van der Waals surface area contributed by atoms with E-state index in [9.17, 15) is 4.79 Å². The summed E-state index contributed by atoms with van der Waals surface area (Å²) in [5, 5.41) is 0. The molecular weight excluding hydrogens is 380 g/mol. The molecule has 0 saturated carbocycles. The van der Waals surface area contributed by atoms with Crippen molar-refractivity contribution >= 4 is 6.29 Å². The Bertz CT molecular complexity index is 340. The smallest absolute Gasteiger partial charge is 0.119 e. The van der Waals surface area contributed by atoms with Crippen molar-refractivity contribution in [1.82, 2.24) is 0 Å². The number of ether oxygens (including phenoxy) is 1. The first-order valence-electron chi connectivity index (χ1n) is 14.2. The number of hydrogen-bond acceptors (Lipinski definition) is 2. The van der Waals surface area contributed by atoms with Crippen LogP contribution in [0.1, 0.15) is 156 Å². The van der Waals surface area contributed by atoms with Gasteiger partial charge in [0.1, 0.15) is 6.29 Å². The van der Waals surface area contributed by atoms with Gasteiger partial charge in [0.15, 0.2) is 0 Å². The second-order valence-corrected chi connectivity index (χ2v) is 10.3. The summed E-state index contributed by atoms with van der Waals surface area (Å²) in [4.78, 5) is 10.3. The Kier molecular flexibility index (Phi) is 25.6. The van der Waals surface area contributed by atoms with E-state index in [1.807, 2.05) is 0 Å². The highest BCUT2D eigenvalue weighted by Gasteiger charge is 2.09. The zero-order valence-electron chi connectivity index (χ0n) is 21.8. The van der Waals surface area contributed by atoms with Gasteiger partial charge in [0, 0.05) is 19.6 Å². The molecule has 0 saturated heterocycles. The Morgan fingerprint density at radius 3 is 1.52 bits per heavy atom. The lowest BCUT2D eigenvalue weighted by Crippen LogP contribution is -2.12. The molecule has 2 nitrogen and oxygen atoms in total. The molecule has 0 amide bonds. The van der Waals surface area contributed by atoms with E-state index in [1.54, 1.807) is 0 Å². The summed E-state index contributed by atoms with van der Waals surface area (Å²) >= 11 is 0. The number of unbranched alkanes of at least 4 members (excludes halogenated alkanes) is 16. The molecule has 1 unspecified atom stereocenters. The van der Waals surface area contributed by atoms with Crippen LogP contribution in [0.25, 0.3) is 0 Å². The molecule has 0 aromatic heterocycles. The zero-order chi connectivity index (χ0) is 22.8. The molecule has 0 heterocycles. The second-order valence-electron chi connectivity index (χ2n) is 10.3. The van der Waals surface area contributed by atoms with Gasteiger partial charge in [0.25, 0.3) is 0 Å². The van der Waals surface area contributed by atoms with Crippen molar-refractivity contribution in [2.24, 2.45) is 11.8 Å². The standard InChI is InChI=1S/C29H58O2/c1-4-5-6-7-8-9-10-13-16-19-22-29(27-31-26-24-28(2)3)23-20-17-14-11-12-15-18-21-25-30/h25,28-29H,4-24,26-27H2,1-3H3. The fourth-order valence-corrected chi connectivity index (χ4v) is 4.35. The summed E-state index contributed by atoms with van der Waals surface area (Å²) in [5.41, 5.74) is 0. The Labute approximate surface area is 196 Å². The van der Waals surface area contributed by atoms with E-state index >= 15 is 0 Å². The maximum atomic E-state index is 10.3. The molecule has 0 aromatic rings. The monoisotopic (exact) mass is 438 g/mol. The normalized spacial score (nSPS) is 12.5. The van der Waals surface area contributed by atoms with Crippen LogP contribution in [0.4, 0.5) is 0 Å². The van der Waals surface area contributed by atoms with Crippen molar-refractivity contribution in [2.45, 2.75) is 156 Å². The first-order valence-corrected chi connectivity index (χ1v) is 14.2. The van der Waals surface area contributed by atoms with E-state index in [4.69, 9.17) is 4.74 Å². The first-order chi connectivity index (χ1) is 15.2. The van der Waals surface area contributed by atoms with E-state index in [0.29, 0.717) is 0 Å². The molecule has 0 aliphatic heterocycles. The molecule has 0 aromatic carbocycles. The van der Waals surface area contributed by atoms with Crippen LogP contribution in [-0.2, 0) is 9.53 Å². The molecule has 0 radical (unpaired) electrons. The Balaban J connectivity index is 3.78. The predicted molar refractivity (Wildman–Crippen MR) is 138 cm³/mol. The summed E-state index contributed by atoms with van der Waals surface area (Å²) in [7, 11) is 0. The third kappa shape index (κ3) is 25.8. The molecule has 0 rings (SSSR count). The fourth-order valence-electron chi connectivity index (χ4n) is 4.35. The highest BCUT2D eigenvalue weighted by Crippen LogP contribution is 2.20. The quantitative estimate of drug-likeness (QED) is 0.0992. The van der Waals surface area contributed by atoms with Gasteiger partial charge in [0.05, 0.1) is 0 Å². The van der Waals surface area contributed by atoms with Crippen LogP contribution in [0.15, 0.2) is 0 Å². The molecular formula is C29H58O2. The maximum absolute atomic E-state index is 10.3. The van der Waals surface area contributed by atoms with Gasteiger partial charge in [-0.2, -0.15) is 0 Å². The minimum atomic E-state index is 0.743. The SMILES string of the molecule is CCCCCCCCCCCCC(CCCCCCCCCC=O)COCCC(C)C. The summed E-state index contributed by atoms with van der Waals surface area (Å²) in [5.74, 6) is 1.51. The average Bonchev–Trinajstić information content (AvgIpc) is 2.76. The average molecular weight is 439 g/mol. The molecule has 0 fully saturated rings. The van der Waals surface area contributed by atoms with Gasteiger partial charge in [-0.1, -0.05) is 124 Å². The van der Waals surface area contributed by atoms with Crippen molar-refractivity contribution in [3.63, 3.8) is 0 Å². The largest absolute Gasteiger partial charge is 0.381 e. The Morgan fingerprint density at radius 1 is 0.613 bits per heavy atom. The molecule has 0 spiro atoms. The van der Waals surface area contributed by atoms with Crippen LogP contribution in [-0.4, -0.2) is 19.5 Å². The van der Waals surface area contributed by atoms with Crippen molar-refractivity contribution in [1.29, 1.82) is 0 Å². The van der Waals surface area contributed by atoms with Crippen LogP contribution in [0.3, 0.4) is 0 Å². The number of hydrogen-bond donors (Lipinski definition) is 0. The highest BCUT2D eigenvalue weighted by molar-refractivity contribution is 5.48. The number of carbonyl (C=O) groups is 1. The summed E-state index contributed by atoms with van der Waals surface area (Å²) in [6.45, 7) is 8.78. The maximum Gasteiger partial charge on any atom is 0.119 e. The minimum absolute atomic E-state index is 0.743. The van der Waals surface area contributed by atoms with Crippen molar-refractivity contribution in [3.8, 4) is 0 Å². The van der Waals surface area contributed by atoms with E-state index in [1.165, 1.54) is 122 Å². The van der Waals surface area contributed by atoms with E-state index < -0.39 is 0 Å². The lowest BCUT2D eigenvalue weighted by molar-refractivity contribution is -0.107.